The number of hydrogen-bond acceptors (Lipinski definition) is 5. The smallest absolute Gasteiger partial charge is 0.270 e. The van der Waals surface area contributed by atoms with Crippen molar-refractivity contribution in [2.45, 2.75) is 19.9 Å². The van der Waals surface area contributed by atoms with Gasteiger partial charge >= 0.3 is 0 Å². The minimum Gasteiger partial charge on any atom is -0.362 e. The normalized spacial score (nSPS) is 11.2. The maximum absolute atomic E-state index is 13.9. The second kappa shape index (κ2) is 10.4. The number of hydrogen-bond donors (Lipinski definition) is 0. The summed E-state index contributed by atoms with van der Waals surface area (Å²) in [6, 6.07) is 19.6. The zero-order chi connectivity index (χ0) is 26.8. The molecule has 192 valence electrons. The molecule has 0 saturated heterocycles. The number of nitrogens with zero attached hydrogens (tertiary/aromatic N) is 5. The van der Waals surface area contributed by atoms with Gasteiger partial charge in [-0.05, 0) is 60.9 Å². The highest BCUT2D eigenvalue weighted by molar-refractivity contribution is 5.94. The van der Waals surface area contributed by atoms with Crippen LogP contribution in [0.15, 0.2) is 83.9 Å². The standard InChI is InChI=1S/C30H28FN5O2/c1-20-7-10-22-17-23(28(34(2)3)33-26(22)16-20)19-35(15-13-21-8-11-24(31)12-9-21)29(37)25-18-32-27-6-4-5-14-36(27)30(25)38/h4-12,14,16-18H,13,15,19H2,1-3H3. The van der Waals surface area contributed by atoms with Gasteiger partial charge < -0.3 is 9.80 Å². The number of rotatable bonds is 7. The molecule has 0 bridgehead atoms. The Labute approximate surface area is 219 Å². The van der Waals surface area contributed by atoms with Crippen LogP contribution in [0.3, 0.4) is 0 Å². The Morgan fingerprint density at radius 2 is 1.82 bits per heavy atom. The molecule has 0 radical (unpaired) electrons. The maximum atomic E-state index is 13.9. The lowest BCUT2D eigenvalue weighted by atomic mass is 10.1. The van der Waals surface area contributed by atoms with Crippen LogP contribution in [0.25, 0.3) is 16.6 Å². The van der Waals surface area contributed by atoms with E-state index in [-0.39, 0.29) is 17.9 Å². The van der Waals surface area contributed by atoms with Gasteiger partial charge in [-0.15, -0.1) is 0 Å². The summed E-state index contributed by atoms with van der Waals surface area (Å²) in [6.45, 7) is 2.58. The van der Waals surface area contributed by atoms with Crippen LogP contribution >= 0.6 is 0 Å². The molecule has 0 aliphatic heterocycles. The molecule has 7 nitrogen and oxygen atoms in total. The number of fused-ring (bicyclic) bond motifs is 2. The second-order valence-corrected chi connectivity index (χ2v) is 9.57. The Balaban J connectivity index is 1.55. The molecule has 1 amide bonds. The first-order valence-electron chi connectivity index (χ1n) is 12.4. The van der Waals surface area contributed by atoms with E-state index in [2.05, 4.69) is 4.98 Å². The number of halogens is 1. The first-order valence-corrected chi connectivity index (χ1v) is 12.4. The van der Waals surface area contributed by atoms with Crippen LogP contribution in [0.4, 0.5) is 10.2 Å². The number of aromatic nitrogens is 3. The van der Waals surface area contributed by atoms with Gasteiger partial charge in [0, 0.05) is 50.5 Å². The van der Waals surface area contributed by atoms with E-state index in [1.807, 2.05) is 50.2 Å². The molecule has 5 rings (SSSR count). The van der Waals surface area contributed by atoms with Gasteiger partial charge in [0.1, 0.15) is 22.8 Å². The molecule has 0 unspecified atom stereocenters. The lowest BCUT2D eigenvalue weighted by Gasteiger charge is -2.26. The van der Waals surface area contributed by atoms with Crippen molar-refractivity contribution in [1.29, 1.82) is 0 Å². The highest BCUT2D eigenvalue weighted by atomic mass is 19.1. The summed E-state index contributed by atoms with van der Waals surface area (Å²) >= 11 is 0. The van der Waals surface area contributed by atoms with E-state index in [4.69, 9.17) is 4.98 Å². The lowest BCUT2D eigenvalue weighted by molar-refractivity contribution is 0.0743. The van der Waals surface area contributed by atoms with Gasteiger partial charge in [-0.3, -0.25) is 14.0 Å². The van der Waals surface area contributed by atoms with Crippen molar-refractivity contribution in [3.05, 3.63) is 118 Å². The van der Waals surface area contributed by atoms with Gasteiger partial charge in [0.25, 0.3) is 11.5 Å². The van der Waals surface area contributed by atoms with Crippen LogP contribution in [0.2, 0.25) is 0 Å². The highest BCUT2D eigenvalue weighted by Gasteiger charge is 2.23. The number of pyridine rings is 2. The van der Waals surface area contributed by atoms with Crippen LogP contribution < -0.4 is 10.5 Å². The molecule has 2 aromatic carbocycles. The Morgan fingerprint density at radius 3 is 2.58 bits per heavy atom. The topological polar surface area (TPSA) is 70.8 Å². The minimum atomic E-state index is -0.424. The first-order chi connectivity index (χ1) is 18.3. The van der Waals surface area contributed by atoms with Crippen molar-refractivity contribution >= 4 is 28.3 Å². The summed E-state index contributed by atoms with van der Waals surface area (Å²) in [5.41, 5.74) is 3.76. The van der Waals surface area contributed by atoms with Gasteiger partial charge in [0.05, 0.1) is 5.52 Å². The fourth-order valence-corrected chi connectivity index (χ4v) is 4.53. The Bertz CT molecular complexity index is 1700. The lowest BCUT2D eigenvalue weighted by Crippen LogP contribution is -2.37. The van der Waals surface area contributed by atoms with Gasteiger partial charge in [-0.2, -0.15) is 0 Å². The van der Waals surface area contributed by atoms with Gasteiger partial charge in [0.15, 0.2) is 0 Å². The Kier molecular flexibility index (Phi) is 6.87. The summed E-state index contributed by atoms with van der Waals surface area (Å²) in [5.74, 6) is 0.0117. The number of amides is 1. The van der Waals surface area contributed by atoms with Crippen molar-refractivity contribution in [3.63, 3.8) is 0 Å². The van der Waals surface area contributed by atoms with Crippen LogP contribution in [0, 0.1) is 12.7 Å². The third kappa shape index (κ3) is 5.11. The van der Waals surface area contributed by atoms with E-state index in [0.29, 0.717) is 18.6 Å². The van der Waals surface area contributed by atoms with Crippen molar-refractivity contribution in [1.82, 2.24) is 19.3 Å². The largest absolute Gasteiger partial charge is 0.362 e. The predicted octanol–water partition coefficient (Wildman–Crippen LogP) is 4.64. The molecule has 0 fully saturated rings. The predicted molar refractivity (Wildman–Crippen MR) is 147 cm³/mol. The molecule has 0 aliphatic carbocycles. The minimum absolute atomic E-state index is 0.0106. The van der Waals surface area contributed by atoms with E-state index in [0.717, 1.165) is 33.4 Å². The average Bonchev–Trinajstić information content (AvgIpc) is 2.91. The molecule has 3 aromatic heterocycles. The molecule has 8 heteroatoms. The van der Waals surface area contributed by atoms with Crippen molar-refractivity contribution in [3.8, 4) is 0 Å². The van der Waals surface area contributed by atoms with Crippen LogP contribution in [-0.2, 0) is 13.0 Å². The molecule has 0 spiro atoms. The summed E-state index contributed by atoms with van der Waals surface area (Å²) < 4.78 is 14.8. The van der Waals surface area contributed by atoms with Gasteiger partial charge in [-0.25, -0.2) is 14.4 Å². The van der Waals surface area contributed by atoms with Crippen molar-refractivity contribution in [2.24, 2.45) is 0 Å². The number of carbonyl (C=O) groups excluding carboxylic acids is 1. The fraction of sp³-hybridized carbons (Fsp3) is 0.200. The number of anilines is 1. The highest BCUT2D eigenvalue weighted by Crippen LogP contribution is 2.25. The molecule has 0 atom stereocenters. The number of aryl methyl sites for hydroxylation is 1. The molecular formula is C30H28FN5O2. The summed E-state index contributed by atoms with van der Waals surface area (Å²) in [4.78, 5) is 39.9. The van der Waals surface area contributed by atoms with Crippen LogP contribution in [0.1, 0.15) is 27.0 Å². The zero-order valence-electron chi connectivity index (χ0n) is 21.6. The number of carbonyl (C=O) groups is 1. The third-order valence-corrected chi connectivity index (χ3v) is 6.53. The Morgan fingerprint density at radius 1 is 1.03 bits per heavy atom. The molecule has 0 N–H and O–H groups in total. The molecule has 38 heavy (non-hydrogen) atoms. The monoisotopic (exact) mass is 509 g/mol. The first kappa shape index (κ1) is 25.1. The molecular weight excluding hydrogens is 481 g/mol. The quantitative estimate of drug-likeness (QED) is 0.320. The van der Waals surface area contributed by atoms with E-state index in [1.165, 1.54) is 22.7 Å². The zero-order valence-corrected chi connectivity index (χ0v) is 21.6. The van der Waals surface area contributed by atoms with E-state index in [1.54, 1.807) is 41.4 Å². The van der Waals surface area contributed by atoms with Crippen molar-refractivity contribution < 1.29 is 9.18 Å². The van der Waals surface area contributed by atoms with Gasteiger partial charge in [-0.1, -0.05) is 30.3 Å². The molecule has 0 saturated carbocycles. The van der Waals surface area contributed by atoms with Crippen molar-refractivity contribution in [2.75, 3.05) is 25.5 Å². The Hall–Kier alpha value is -4.59. The molecule has 3 heterocycles. The van der Waals surface area contributed by atoms with E-state index in [9.17, 15) is 14.0 Å². The summed E-state index contributed by atoms with van der Waals surface area (Å²) in [7, 11) is 3.83. The molecule has 5 aromatic rings. The van der Waals surface area contributed by atoms with Gasteiger partial charge in [0.2, 0.25) is 0 Å². The van der Waals surface area contributed by atoms with E-state index >= 15 is 0 Å². The fourth-order valence-electron chi connectivity index (χ4n) is 4.53. The summed E-state index contributed by atoms with van der Waals surface area (Å²) in [5, 5.41) is 0.967. The SMILES string of the molecule is Cc1ccc2cc(CN(CCc3ccc(F)cc3)C(=O)c3cnc4ccccn4c3=O)c(N(C)C)nc2c1. The number of benzene rings is 2. The van der Waals surface area contributed by atoms with Crippen LogP contribution in [-0.4, -0.2) is 45.8 Å². The average molecular weight is 510 g/mol. The van der Waals surface area contributed by atoms with E-state index < -0.39 is 11.5 Å². The summed E-state index contributed by atoms with van der Waals surface area (Å²) in [6.07, 6.45) is 3.44. The maximum Gasteiger partial charge on any atom is 0.270 e. The van der Waals surface area contributed by atoms with Crippen LogP contribution in [0.5, 0.6) is 0 Å². The second-order valence-electron chi connectivity index (χ2n) is 9.57. The third-order valence-electron chi connectivity index (χ3n) is 6.53. The molecule has 0 aliphatic rings.